The van der Waals surface area contributed by atoms with Gasteiger partial charge in [0.05, 0.1) is 12.2 Å². The van der Waals surface area contributed by atoms with E-state index in [1.165, 1.54) is 24.3 Å². The zero-order valence-electron chi connectivity index (χ0n) is 15.2. The molecule has 7 heteroatoms. The third-order valence-corrected chi connectivity index (χ3v) is 3.44. The molecular formula is C20H22N2O5. The van der Waals surface area contributed by atoms with E-state index in [2.05, 4.69) is 5.32 Å². The van der Waals surface area contributed by atoms with Gasteiger partial charge in [-0.15, -0.1) is 0 Å². The molecule has 0 heterocycles. The molecule has 0 saturated carbocycles. The number of rotatable bonds is 8. The smallest absolute Gasteiger partial charge is 0.338 e. The minimum Gasteiger partial charge on any atom is -0.493 e. The fraction of sp³-hybridized carbons (Fsp3) is 0.250. The van der Waals surface area contributed by atoms with Crippen molar-refractivity contribution < 1.29 is 23.9 Å². The van der Waals surface area contributed by atoms with E-state index in [-0.39, 0.29) is 0 Å². The Morgan fingerprint density at radius 2 is 1.74 bits per heavy atom. The van der Waals surface area contributed by atoms with Crippen LogP contribution in [0.1, 0.15) is 34.6 Å². The summed E-state index contributed by atoms with van der Waals surface area (Å²) in [5.41, 5.74) is 6.25. The van der Waals surface area contributed by atoms with Gasteiger partial charge in [-0.05, 0) is 48.4 Å². The number of carbonyl (C=O) groups excluding carboxylic acids is 3. The van der Waals surface area contributed by atoms with Crippen molar-refractivity contribution in [1.29, 1.82) is 0 Å². The number of amides is 2. The number of hydrogen-bond acceptors (Lipinski definition) is 5. The van der Waals surface area contributed by atoms with Crippen molar-refractivity contribution in [2.75, 3.05) is 18.5 Å². The summed E-state index contributed by atoms with van der Waals surface area (Å²) < 4.78 is 10.6. The van der Waals surface area contributed by atoms with Crippen molar-refractivity contribution in [1.82, 2.24) is 0 Å². The van der Waals surface area contributed by atoms with E-state index in [9.17, 15) is 14.4 Å². The maximum Gasteiger partial charge on any atom is 0.338 e. The Morgan fingerprint density at radius 1 is 1.04 bits per heavy atom. The fourth-order valence-corrected chi connectivity index (χ4v) is 2.11. The first kappa shape index (κ1) is 20.0. The largest absolute Gasteiger partial charge is 0.493 e. The Morgan fingerprint density at radius 3 is 2.37 bits per heavy atom. The lowest BCUT2D eigenvalue weighted by Crippen LogP contribution is -2.21. The molecule has 0 spiro atoms. The van der Waals surface area contributed by atoms with Crippen LogP contribution in [0.2, 0.25) is 0 Å². The lowest BCUT2D eigenvalue weighted by atomic mass is 10.2. The van der Waals surface area contributed by atoms with Crippen LogP contribution >= 0.6 is 0 Å². The second-order valence-corrected chi connectivity index (χ2v) is 6.30. The van der Waals surface area contributed by atoms with E-state index in [1.54, 1.807) is 24.3 Å². The Hall–Kier alpha value is -3.35. The molecule has 0 aliphatic carbocycles. The van der Waals surface area contributed by atoms with E-state index in [1.807, 2.05) is 13.8 Å². The molecule has 3 N–H and O–H groups in total. The second kappa shape index (κ2) is 9.38. The second-order valence-electron chi connectivity index (χ2n) is 6.30. The molecule has 0 radical (unpaired) electrons. The molecule has 0 saturated heterocycles. The summed E-state index contributed by atoms with van der Waals surface area (Å²) in [6, 6.07) is 12.7. The normalized spacial score (nSPS) is 10.3. The zero-order valence-corrected chi connectivity index (χ0v) is 15.2. The van der Waals surface area contributed by atoms with Crippen LogP contribution < -0.4 is 15.8 Å². The number of ether oxygens (including phenoxy) is 2. The van der Waals surface area contributed by atoms with Crippen molar-refractivity contribution in [3.8, 4) is 5.75 Å². The summed E-state index contributed by atoms with van der Waals surface area (Å²) in [5.74, 6) is -0.744. The zero-order chi connectivity index (χ0) is 19.8. The van der Waals surface area contributed by atoms with Crippen LogP contribution in [-0.4, -0.2) is 31.0 Å². The third kappa shape index (κ3) is 6.47. The van der Waals surface area contributed by atoms with Crippen LogP contribution in [0.4, 0.5) is 5.69 Å². The Balaban J connectivity index is 1.86. The van der Waals surface area contributed by atoms with Crippen LogP contribution in [0.15, 0.2) is 48.5 Å². The number of carbonyl (C=O) groups is 3. The maximum atomic E-state index is 12.1. The van der Waals surface area contributed by atoms with Crippen molar-refractivity contribution in [2.24, 2.45) is 11.7 Å². The SMILES string of the molecule is CC(C)COc1cccc(C(=O)OCC(=O)Nc2ccc(C(N)=O)cc2)c1. The van der Waals surface area contributed by atoms with Gasteiger partial charge in [-0.3, -0.25) is 9.59 Å². The van der Waals surface area contributed by atoms with Crippen molar-refractivity contribution in [2.45, 2.75) is 13.8 Å². The highest BCUT2D eigenvalue weighted by atomic mass is 16.5. The number of nitrogens with one attached hydrogen (secondary N) is 1. The first-order valence-corrected chi connectivity index (χ1v) is 8.45. The number of esters is 1. The van der Waals surface area contributed by atoms with Gasteiger partial charge in [-0.1, -0.05) is 19.9 Å². The van der Waals surface area contributed by atoms with Crippen LogP contribution in [0, 0.1) is 5.92 Å². The number of hydrogen-bond donors (Lipinski definition) is 2. The fourth-order valence-electron chi connectivity index (χ4n) is 2.11. The predicted molar refractivity (Wildman–Crippen MR) is 101 cm³/mol. The van der Waals surface area contributed by atoms with Gasteiger partial charge in [-0.25, -0.2) is 4.79 Å². The molecule has 0 fully saturated rings. The number of primary amides is 1. The molecule has 0 aromatic heterocycles. The first-order chi connectivity index (χ1) is 12.8. The molecule has 0 unspecified atom stereocenters. The molecule has 0 bridgehead atoms. The van der Waals surface area contributed by atoms with Gasteiger partial charge in [0, 0.05) is 11.3 Å². The molecule has 142 valence electrons. The highest BCUT2D eigenvalue weighted by molar-refractivity contribution is 5.96. The van der Waals surface area contributed by atoms with Gasteiger partial charge >= 0.3 is 5.97 Å². The molecule has 7 nitrogen and oxygen atoms in total. The molecular weight excluding hydrogens is 348 g/mol. The third-order valence-electron chi connectivity index (χ3n) is 3.44. The van der Waals surface area contributed by atoms with E-state index in [4.69, 9.17) is 15.2 Å². The molecule has 2 amide bonds. The Bertz CT molecular complexity index is 815. The number of anilines is 1. The predicted octanol–water partition coefficient (Wildman–Crippen LogP) is 2.62. The Kier molecular flexibility index (Phi) is 6.93. The van der Waals surface area contributed by atoms with Gasteiger partial charge in [-0.2, -0.15) is 0 Å². The monoisotopic (exact) mass is 370 g/mol. The van der Waals surface area contributed by atoms with Crippen LogP contribution in [-0.2, 0) is 9.53 Å². The summed E-state index contributed by atoms with van der Waals surface area (Å²) in [6.07, 6.45) is 0. The van der Waals surface area contributed by atoms with Gasteiger partial charge in [0.1, 0.15) is 5.75 Å². The van der Waals surface area contributed by atoms with Gasteiger partial charge < -0.3 is 20.5 Å². The maximum absolute atomic E-state index is 12.1. The molecule has 2 rings (SSSR count). The van der Waals surface area contributed by atoms with Gasteiger partial charge in [0.25, 0.3) is 5.91 Å². The van der Waals surface area contributed by atoms with E-state index in [0.717, 1.165) is 0 Å². The average molecular weight is 370 g/mol. The van der Waals surface area contributed by atoms with Crippen molar-refractivity contribution in [3.05, 3.63) is 59.7 Å². The first-order valence-electron chi connectivity index (χ1n) is 8.45. The summed E-state index contributed by atoms with van der Waals surface area (Å²) >= 11 is 0. The van der Waals surface area contributed by atoms with Gasteiger partial charge in [0.2, 0.25) is 5.91 Å². The molecule has 2 aromatic rings. The molecule has 2 aromatic carbocycles. The standard InChI is InChI=1S/C20H22N2O5/c1-13(2)11-26-17-5-3-4-15(10-17)20(25)27-12-18(23)22-16-8-6-14(7-9-16)19(21)24/h3-10,13H,11-12H2,1-2H3,(H2,21,24)(H,22,23). The van der Waals surface area contributed by atoms with Gasteiger partial charge in [0.15, 0.2) is 6.61 Å². The van der Waals surface area contributed by atoms with Crippen LogP contribution in [0.25, 0.3) is 0 Å². The molecule has 0 atom stereocenters. The minimum atomic E-state index is -0.621. The highest BCUT2D eigenvalue weighted by Crippen LogP contribution is 2.15. The van der Waals surface area contributed by atoms with E-state index >= 15 is 0 Å². The summed E-state index contributed by atoms with van der Waals surface area (Å²) in [6.45, 7) is 4.15. The topological polar surface area (TPSA) is 108 Å². The van der Waals surface area contributed by atoms with Crippen LogP contribution in [0.3, 0.4) is 0 Å². The lowest BCUT2D eigenvalue weighted by Gasteiger charge is -2.10. The van der Waals surface area contributed by atoms with E-state index < -0.39 is 24.4 Å². The number of nitrogens with two attached hydrogens (primary N) is 1. The lowest BCUT2D eigenvalue weighted by molar-refractivity contribution is -0.119. The van der Waals surface area contributed by atoms with Crippen LogP contribution in [0.5, 0.6) is 5.75 Å². The summed E-state index contributed by atoms with van der Waals surface area (Å²) in [7, 11) is 0. The molecule has 0 aliphatic rings. The molecule has 0 aliphatic heterocycles. The van der Waals surface area contributed by atoms with E-state index in [0.29, 0.717) is 35.1 Å². The summed E-state index contributed by atoms with van der Waals surface area (Å²) in [4.78, 5) is 35.0. The summed E-state index contributed by atoms with van der Waals surface area (Å²) in [5, 5.41) is 2.57. The Labute approximate surface area is 157 Å². The van der Waals surface area contributed by atoms with Crippen molar-refractivity contribution in [3.63, 3.8) is 0 Å². The average Bonchev–Trinajstić information content (AvgIpc) is 2.65. The van der Waals surface area contributed by atoms with Crippen molar-refractivity contribution >= 4 is 23.5 Å². The number of benzene rings is 2. The minimum absolute atomic E-state index is 0.301. The quantitative estimate of drug-likeness (QED) is 0.695. The molecule has 27 heavy (non-hydrogen) atoms. The highest BCUT2D eigenvalue weighted by Gasteiger charge is 2.12.